The minimum Gasteiger partial charge on any atom is -0.490 e. The lowest BCUT2D eigenvalue weighted by molar-refractivity contribution is -0.139. The van der Waals surface area contributed by atoms with Gasteiger partial charge in [0.05, 0.1) is 13.2 Å². The molecule has 1 saturated carbocycles. The molecule has 26 heavy (non-hydrogen) atoms. The molecule has 142 valence electrons. The van der Waals surface area contributed by atoms with Gasteiger partial charge in [-0.25, -0.2) is 0 Å². The Morgan fingerprint density at radius 1 is 1.04 bits per heavy atom. The Bertz CT molecular complexity index is 658. The monoisotopic (exact) mass is 363 g/mol. The smallest absolute Gasteiger partial charge is 0.327 e. The van der Waals surface area contributed by atoms with Crippen LogP contribution in [0.5, 0.6) is 11.5 Å². The van der Waals surface area contributed by atoms with Crippen molar-refractivity contribution in [1.29, 1.82) is 0 Å². The summed E-state index contributed by atoms with van der Waals surface area (Å²) in [6.45, 7) is 4.89. The molecule has 0 bridgehead atoms. The van der Waals surface area contributed by atoms with Crippen LogP contribution in [0.4, 0.5) is 0 Å². The van der Waals surface area contributed by atoms with Crippen LogP contribution in [0.3, 0.4) is 0 Å². The van der Waals surface area contributed by atoms with E-state index in [9.17, 15) is 14.4 Å². The van der Waals surface area contributed by atoms with E-state index in [1.807, 2.05) is 6.92 Å². The average Bonchev–Trinajstić information content (AvgIpc) is 3.44. The van der Waals surface area contributed by atoms with E-state index in [2.05, 4.69) is 23.1 Å². The number of nitrogens with one attached hydrogen (secondary N) is 3. The summed E-state index contributed by atoms with van der Waals surface area (Å²) in [5, 5.41) is 2.54. The van der Waals surface area contributed by atoms with Gasteiger partial charge in [-0.15, -0.1) is 0 Å². The normalized spacial score (nSPS) is 12.8. The number of carbonyl (C=O) groups excluding carboxylic acids is 3. The van der Waals surface area contributed by atoms with Gasteiger partial charge in [0.15, 0.2) is 11.5 Å². The fraction of sp³-hybridized carbons (Fsp3) is 0.500. The second kappa shape index (κ2) is 9.65. The van der Waals surface area contributed by atoms with Crippen LogP contribution in [0.1, 0.15) is 49.9 Å². The van der Waals surface area contributed by atoms with Crippen LogP contribution in [0.25, 0.3) is 0 Å². The highest BCUT2D eigenvalue weighted by Gasteiger charge is 2.26. The fourth-order valence-electron chi connectivity index (χ4n) is 2.08. The molecule has 1 aliphatic rings. The first-order valence-corrected chi connectivity index (χ1v) is 8.86. The molecule has 1 fully saturated rings. The number of unbranched alkanes of at least 4 members (excludes halogenated alkanes) is 1. The lowest BCUT2D eigenvalue weighted by Crippen LogP contribution is -2.48. The van der Waals surface area contributed by atoms with Gasteiger partial charge >= 0.3 is 11.8 Å². The molecule has 0 aliphatic heterocycles. The molecular weight excluding hydrogens is 338 g/mol. The van der Waals surface area contributed by atoms with Crippen LogP contribution in [0.15, 0.2) is 18.2 Å². The minimum atomic E-state index is -0.908. The molecular formula is C18H25N3O5. The lowest BCUT2D eigenvalue weighted by atomic mass is 10.2. The first kappa shape index (κ1) is 19.6. The quantitative estimate of drug-likeness (QED) is 0.367. The van der Waals surface area contributed by atoms with Gasteiger partial charge in [0, 0.05) is 11.6 Å². The van der Waals surface area contributed by atoms with E-state index in [0.29, 0.717) is 24.7 Å². The molecule has 8 nitrogen and oxygen atoms in total. The highest BCUT2D eigenvalue weighted by Crippen LogP contribution is 2.28. The first-order chi connectivity index (χ1) is 12.5. The maximum atomic E-state index is 12.2. The zero-order valence-corrected chi connectivity index (χ0v) is 15.1. The number of rotatable bonds is 8. The number of benzene rings is 1. The number of ether oxygens (including phenoxy) is 2. The summed E-state index contributed by atoms with van der Waals surface area (Å²) in [5.74, 6) is -1.21. The Morgan fingerprint density at radius 3 is 2.46 bits per heavy atom. The molecule has 1 aliphatic carbocycles. The summed E-state index contributed by atoms with van der Waals surface area (Å²) >= 11 is 0. The van der Waals surface area contributed by atoms with Crippen molar-refractivity contribution in [3.05, 3.63) is 23.8 Å². The Hall–Kier alpha value is -2.77. The molecule has 0 atom stereocenters. The van der Waals surface area contributed by atoms with Crippen LogP contribution >= 0.6 is 0 Å². The largest absolute Gasteiger partial charge is 0.490 e. The third kappa shape index (κ3) is 5.94. The van der Waals surface area contributed by atoms with E-state index in [-0.39, 0.29) is 11.6 Å². The Morgan fingerprint density at radius 2 is 1.81 bits per heavy atom. The van der Waals surface area contributed by atoms with Crippen LogP contribution in [0, 0.1) is 0 Å². The average molecular weight is 363 g/mol. The van der Waals surface area contributed by atoms with Gasteiger partial charge in [0.25, 0.3) is 5.91 Å². The topological polar surface area (TPSA) is 106 Å². The van der Waals surface area contributed by atoms with Crippen molar-refractivity contribution in [2.75, 3.05) is 13.2 Å². The third-order valence-electron chi connectivity index (χ3n) is 3.67. The lowest BCUT2D eigenvalue weighted by Gasteiger charge is -2.13. The van der Waals surface area contributed by atoms with Gasteiger partial charge in [-0.1, -0.05) is 13.3 Å². The minimum absolute atomic E-state index is 0.0676. The molecule has 1 aromatic rings. The summed E-state index contributed by atoms with van der Waals surface area (Å²) in [6.07, 6.45) is 3.68. The molecule has 8 heteroatoms. The summed E-state index contributed by atoms with van der Waals surface area (Å²) in [4.78, 5) is 35.4. The fourth-order valence-corrected chi connectivity index (χ4v) is 2.08. The Labute approximate surface area is 152 Å². The van der Waals surface area contributed by atoms with Crippen molar-refractivity contribution < 1.29 is 23.9 Å². The Balaban J connectivity index is 1.93. The maximum Gasteiger partial charge on any atom is 0.327 e. The van der Waals surface area contributed by atoms with Crippen molar-refractivity contribution in [3.8, 4) is 11.5 Å². The molecule has 0 spiro atoms. The van der Waals surface area contributed by atoms with Crippen LogP contribution in [-0.2, 0) is 9.59 Å². The molecule has 0 aromatic heterocycles. The molecule has 3 amide bonds. The zero-order valence-electron chi connectivity index (χ0n) is 15.1. The van der Waals surface area contributed by atoms with Crippen LogP contribution < -0.4 is 25.6 Å². The molecule has 2 rings (SSSR count). The molecule has 0 radical (unpaired) electrons. The molecule has 0 unspecified atom stereocenters. The van der Waals surface area contributed by atoms with Gasteiger partial charge in [0.1, 0.15) is 0 Å². The van der Waals surface area contributed by atoms with Crippen molar-refractivity contribution >= 4 is 17.7 Å². The highest BCUT2D eigenvalue weighted by atomic mass is 16.5. The summed E-state index contributed by atoms with van der Waals surface area (Å²) in [7, 11) is 0. The maximum absolute atomic E-state index is 12.2. The zero-order chi connectivity index (χ0) is 18.9. The van der Waals surface area contributed by atoms with Crippen LogP contribution in [-0.4, -0.2) is 37.0 Å². The predicted molar refractivity (Wildman–Crippen MR) is 94.8 cm³/mol. The summed E-state index contributed by atoms with van der Waals surface area (Å²) < 4.78 is 11.2. The standard InChI is InChI=1S/C18H25N3O5/c1-3-5-10-26-14-9-6-12(11-15(14)25-4-2)16(22)20-21-18(24)17(23)19-13-7-8-13/h6,9,11,13H,3-5,7-8,10H2,1-2H3,(H,19,23)(H,20,22)(H,21,24). The van der Waals surface area contributed by atoms with E-state index in [1.54, 1.807) is 12.1 Å². The first-order valence-electron chi connectivity index (χ1n) is 8.86. The Kier molecular flexibility index (Phi) is 7.25. The molecule has 3 N–H and O–H groups in total. The van der Waals surface area contributed by atoms with E-state index in [0.717, 1.165) is 25.7 Å². The van der Waals surface area contributed by atoms with Crippen molar-refractivity contribution in [1.82, 2.24) is 16.2 Å². The van der Waals surface area contributed by atoms with Crippen molar-refractivity contribution in [2.24, 2.45) is 0 Å². The van der Waals surface area contributed by atoms with E-state index >= 15 is 0 Å². The van der Waals surface area contributed by atoms with Gasteiger partial charge in [0.2, 0.25) is 0 Å². The SMILES string of the molecule is CCCCOc1ccc(C(=O)NNC(=O)C(=O)NC2CC2)cc1OCC. The second-order valence-electron chi connectivity index (χ2n) is 5.95. The van der Waals surface area contributed by atoms with Crippen molar-refractivity contribution in [2.45, 2.75) is 45.6 Å². The van der Waals surface area contributed by atoms with Gasteiger partial charge in [-0.05, 0) is 44.4 Å². The van der Waals surface area contributed by atoms with Gasteiger partial charge in [-0.3, -0.25) is 25.2 Å². The number of amides is 3. The molecule has 1 aromatic carbocycles. The molecule has 0 saturated heterocycles. The number of hydrazine groups is 1. The van der Waals surface area contributed by atoms with Crippen LogP contribution in [0.2, 0.25) is 0 Å². The number of hydrogen-bond donors (Lipinski definition) is 3. The highest BCUT2D eigenvalue weighted by molar-refractivity contribution is 6.35. The predicted octanol–water partition coefficient (Wildman–Crippen LogP) is 1.30. The van der Waals surface area contributed by atoms with E-state index in [4.69, 9.17) is 9.47 Å². The second-order valence-corrected chi connectivity index (χ2v) is 5.95. The van der Waals surface area contributed by atoms with Gasteiger partial charge < -0.3 is 14.8 Å². The van der Waals surface area contributed by atoms with E-state index in [1.165, 1.54) is 6.07 Å². The van der Waals surface area contributed by atoms with Crippen molar-refractivity contribution in [3.63, 3.8) is 0 Å². The number of carbonyl (C=O) groups is 3. The number of hydrogen-bond acceptors (Lipinski definition) is 5. The van der Waals surface area contributed by atoms with Gasteiger partial charge in [-0.2, -0.15) is 0 Å². The van der Waals surface area contributed by atoms with E-state index < -0.39 is 17.7 Å². The summed E-state index contributed by atoms with van der Waals surface area (Å²) in [5.41, 5.74) is 4.59. The summed E-state index contributed by atoms with van der Waals surface area (Å²) in [6, 6.07) is 4.82. The molecule has 0 heterocycles. The third-order valence-corrected chi connectivity index (χ3v) is 3.67.